The van der Waals surface area contributed by atoms with Crippen molar-refractivity contribution < 1.29 is 4.74 Å². The van der Waals surface area contributed by atoms with E-state index in [0.717, 1.165) is 30.2 Å². The van der Waals surface area contributed by atoms with Crippen molar-refractivity contribution in [2.75, 3.05) is 20.3 Å². The number of methoxy groups -OCH3 is 1. The highest BCUT2D eigenvalue weighted by molar-refractivity contribution is 6.31. The summed E-state index contributed by atoms with van der Waals surface area (Å²) in [5, 5.41) is 4.23. The number of rotatable bonds is 6. The van der Waals surface area contributed by atoms with Crippen LogP contribution < -0.4 is 5.32 Å². The highest BCUT2D eigenvalue weighted by Crippen LogP contribution is 2.21. The minimum Gasteiger partial charge on any atom is -0.385 e. The van der Waals surface area contributed by atoms with E-state index in [1.807, 2.05) is 18.2 Å². The molecule has 15 heavy (non-hydrogen) atoms. The predicted molar refractivity (Wildman–Crippen MR) is 64.4 cm³/mol. The molecule has 0 heterocycles. The van der Waals surface area contributed by atoms with Gasteiger partial charge in [-0.1, -0.05) is 29.8 Å². The highest BCUT2D eigenvalue weighted by atomic mass is 35.5. The molecule has 1 aromatic carbocycles. The van der Waals surface area contributed by atoms with Crippen LogP contribution >= 0.6 is 11.6 Å². The Labute approximate surface area is 96.6 Å². The number of nitrogens with one attached hydrogen (secondary N) is 1. The van der Waals surface area contributed by atoms with Gasteiger partial charge in [-0.25, -0.2) is 0 Å². The summed E-state index contributed by atoms with van der Waals surface area (Å²) in [6.07, 6.45) is 1.02. The summed E-state index contributed by atoms with van der Waals surface area (Å²) >= 11 is 6.09. The molecular weight excluding hydrogens is 210 g/mol. The fourth-order valence-electron chi connectivity index (χ4n) is 1.47. The van der Waals surface area contributed by atoms with Gasteiger partial charge in [-0.3, -0.25) is 0 Å². The van der Waals surface area contributed by atoms with Crippen molar-refractivity contribution in [3.05, 3.63) is 34.9 Å². The van der Waals surface area contributed by atoms with Crippen molar-refractivity contribution in [3.63, 3.8) is 0 Å². The molecule has 0 aliphatic carbocycles. The quantitative estimate of drug-likeness (QED) is 0.755. The van der Waals surface area contributed by atoms with Gasteiger partial charge in [-0.05, 0) is 31.5 Å². The maximum atomic E-state index is 6.09. The molecule has 0 bridgehead atoms. The molecule has 2 nitrogen and oxygen atoms in total. The number of hydrogen-bond donors (Lipinski definition) is 1. The minimum absolute atomic E-state index is 0.288. The van der Waals surface area contributed by atoms with Gasteiger partial charge < -0.3 is 10.1 Å². The van der Waals surface area contributed by atoms with Crippen molar-refractivity contribution in [1.29, 1.82) is 0 Å². The van der Waals surface area contributed by atoms with Gasteiger partial charge >= 0.3 is 0 Å². The molecule has 0 aliphatic heterocycles. The zero-order chi connectivity index (χ0) is 11.1. The standard InChI is InChI=1S/C12H18ClNO/c1-10(14-8-5-9-15-2)11-6-3-4-7-12(11)13/h3-4,6-7,10,14H,5,8-9H2,1-2H3. The van der Waals surface area contributed by atoms with E-state index < -0.39 is 0 Å². The van der Waals surface area contributed by atoms with E-state index in [1.54, 1.807) is 7.11 Å². The number of ether oxygens (including phenoxy) is 1. The van der Waals surface area contributed by atoms with Gasteiger partial charge in [0.15, 0.2) is 0 Å². The second-order valence-corrected chi connectivity index (χ2v) is 3.95. The smallest absolute Gasteiger partial charge is 0.0474 e. The first-order valence-electron chi connectivity index (χ1n) is 5.22. The fourth-order valence-corrected chi connectivity index (χ4v) is 1.77. The first-order valence-corrected chi connectivity index (χ1v) is 5.60. The van der Waals surface area contributed by atoms with Gasteiger partial charge in [0, 0.05) is 24.8 Å². The summed E-state index contributed by atoms with van der Waals surface area (Å²) in [5.74, 6) is 0. The van der Waals surface area contributed by atoms with Gasteiger partial charge in [-0.15, -0.1) is 0 Å². The second kappa shape index (κ2) is 6.83. The molecule has 1 rings (SSSR count). The Morgan fingerprint density at radius 1 is 1.40 bits per heavy atom. The topological polar surface area (TPSA) is 21.3 Å². The van der Waals surface area contributed by atoms with E-state index in [2.05, 4.69) is 18.3 Å². The molecule has 0 amide bonds. The van der Waals surface area contributed by atoms with E-state index in [0.29, 0.717) is 0 Å². The van der Waals surface area contributed by atoms with Crippen LogP contribution in [-0.4, -0.2) is 20.3 Å². The molecule has 0 spiro atoms. The lowest BCUT2D eigenvalue weighted by atomic mass is 10.1. The maximum Gasteiger partial charge on any atom is 0.0474 e. The van der Waals surface area contributed by atoms with Crippen molar-refractivity contribution in [2.45, 2.75) is 19.4 Å². The van der Waals surface area contributed by atoms with E-state index >= 15 is 0 Å². The predicted octanol–water partition coefficient (Wildman–Crippen LogP) is 3.03. The van der Waals surface area contributed by atoms with Crippen LogP contribution in [0, 0.1) is 0 Å². The average molecular weight is 228 g/mol. The summed E-state index contributed by atoms with van der Waals surface area (Å²) in [5.41, 5.74) is 1.15. The zero-order valence-corrected chi connectivity index (χ0v) is 10.1. The lowest BCUT2D eigenvalue weighted by Gasteiger charge is -2.15. The van der Waals surface area contributed by atoms with Crippen LogP contribution in [0.2, 0.25) is 5.02 Å². The minimum atomic E-state index is 0.288. The molecule has 1 aromatic rings. The Morgan fingerprint density at radius 2 is 2.13 bits per heavy atom. The van der Waals surface area contributed by atoms with Crippen LogP contribution in [0.5, 0.6) is 0 Å². The summed E-state index contributed by atoms with van der Waals surface area (Å²) in [4.78, 5) is 0. The second-order valence-electron chi connectivity index (χ2n) is 3.54. The summed E-state index contributed by atoms with van der Waals surface area (Å²) in [6, 6.07) is 8.22. The molecule has 0 fully saturated rings. The monoisotopic (exact) mass is 227 g/mol. The summed E-state index contributed by atoms with van der Waals surface area (Å²) in [7, 11) is 1.72. The molecule has 0 saturated heterocycles. The van der Waals surface area contributed by atoms with Crippen LogP contribution in [0.15, 0.2) is 24.3 Å². The molecular formula is C12H18ClNO. The molecule has 1 unspecified atom stereocenters. The van der Waals surface area contributed by atoms with Crippen LogP contribution in [0.3, 0.4) is 0 Å². The summed E-state index contributed by atoms with van der Waals surface area (Å²) in [6.45, 7) is 3.86. The third kappa shape index (κ3) is 4.20. The van der Waals surface area contributed by atoms with E-state index in [4.69, 9.17) is 16.3 Å². The third-order valence-electron chi connectivity index (χ3n) is 2.35. The Morgan fingerprint density at radius 3 is 2.80 bits per heavy atom. The molecule has 1 N–H and O–H groups in total. The number of halogens is 1. The first-order chi connectivity index (χ1) is 7.25. The van der Waals surface area contributed by atoms with E-state index in [9.17, 15) is 0 Å². The van der Waals surface area contributed by atoms with Gasteiger partial charge in [0.05, 0.1) is 0 Å². The maximum absolute atomic E-state index is 6.09. The van der Waals surface area contributed by atoms with E-state index in [-0.39, 0.29) is 6.04 Å². The third-order valence-corrected chi connectivity index (χ3v) is 2.69. The Bertz CT molecular complexity index is 291. The largest absolute Gasteiger partial charge is 0.385 e. The normalized spacial score (nSPS) is 12.7. The Hall–Kier alpha value is -0.570. The molecule has 0 saturated carbocycles. The van der Waals surface area contributed by atoms with Gasteiger partial charge in [-0.2, -0.15) is 0 Å². The average Bonchev–Trinajstić information content (AvgIpc) is 2.25. The van der Waals surface area contributed by atoms with E-state index in [1.165, 1.54) is 0 Å². The van der Waals surface area contributed by atoms with Crippen LogP contribution in [0.25, 0.3) is 0 Å². The first kappa shape index (κ1) is 12.5. The molecule has 0 aliphatic rings. The fraction of sp³-hybridized carbons (Fsp3) is 0.500. The summed E-state index contributed by atoms with van der Waals surface area (Å²) < 4.78 is 4.99. The number of hydrogen-bond acceptors (Lipinski definition) is 2. The highest BCUT2D eigenvalue weighted by Gasteiger charge is 2.07. The molecule has 3 heteroatoms. The van der Waals surface area contributed by atoms with Gasteiger partial charge in [0.1, 0.15) is 0 Å². The van der Waals surface area contributed by atoms with Crippen molar-refractivity contribution in [2.24, 2.45) is 0 Å². The van der Waals surface area contributed by atoms with Crippen molar-refractivity contribution >= 4 is 11.6 Å². The van der Waals surface area contributed by atoms with Gasteiger partial charge in [0.25, 0.3) is 0 Å². The lowest BCUT2D eigenvalue weighted by molar-refractivity contribution is 0.193. The Kier molecular flexibility index (Phi) is 5.69. The molecule has 1 atom stereocenters. The SMILES string of the molecule is COCCCNC(C)c1ccccc1Cl. The molecule has 84 valence electrons. The van der Waals surface area contributed by atoms with Crippen molar-refractivity contribution in [1.82, 2.24) is 5.32 Å². The van der Waals surface area contributed by atoms with Crippen LogP contribution in [0.1, 0.15) is 24.9 Å². The zero-order valence-electron chi connectivity index (χ0n) is 9.29. The Balaban J connectivity index is 2.40. The van der Waals surface area contributed by atoms with Crippen LogP contribution in [0.4, 0.5) is 0 Å². The van der Waals surface area contributed by atoms with Gasteiger partial charge in [0.2, 0.25) is 0 Å². The number of benzene rings is 1. The van der Waals surface area contributed by atoms with Crippen LogP contribution in [-0.2, 0) is 4.74 Å². The lowest BCUT2D eigenvalue weighted by Crippen LogP contribution is -2.21. The molecule has 0 aromatic heterocycles. The molecule has 0 radical (unpaired) electrons. The van der Waals surface area contributed by atoms with Crippen molar-refractivity contribution in [3.8, 4) is 0 Å².